The summed E-state index contributed by atoms with van der Waals surface area (Å²) in [5, 5.41) is 19.5. The van der Waals surface area contributed by atoms with Gasteiger partial charge in [-0.2, -0.15) is 0 Å². The van der Waals surface area contributed by atoms with Crippen molar-refractivity contribution in [2.45, 2.75) is 37.4 Å². The summed E-state index contributed by atoms with van der Waals surface area (Å²) in [6, 6.07) is 9.89. The summed E-state index contributed by atoms with van der Waals surface area (Å²) in [6.45, 7) is 4.59. The van der Waals surface area contributed by atoms with Gasteiger partial charge in [0, 0.05) is 6.61 Å². The zero-order valence-electron chi connectivity index (χ0n) is 10.8. The number of benzene rings is 1. The van der Waals surface area contributed by atoms with Gasteiger partial charge in [-0.05, 0) is 12.0 Å². The van der Waals surface area contributed by atoms with E-state index >= 15 is 0 Å². The monoisotopic (exact) mass is 264 g/mol. The highest BCUT2D eigenvalue weighted by atomic mass is 16.5. The minimum absolute atomic E-state index is 0.395. The third-order valence-electron chi connectivity index (χ3n) is 3.29. The van der Waals surface area contributed by atoms with Crippen molar-refractivity contribution in [3.63, 3.8) is 0 Å². The number of hydrogen-bond donors (Lipinski definition) is 2. The van der Waals surface area contributed by atoms with Gasteiger partial charge in [-0.15, -0.1) is 6.58 Å². The van der Waals surface area contributed by atoms with Crippen LogP contribution in [-0.2, 0) is 16.1 Å². The topological polar surface area (TPSA) is 58.9 Å². The normalized spacial score (nSPS) is 30.4. The van der Waals surface area contributed by atoms with Gasteiger partial charge in [-0.3, -0.25) is 0 Å². The third-order valence-corrected chi connectivity index (χ3v) is 3.29. The molecular weight excluding hydrogens is 244 g/mol. The van der Waals surface area contributed by atoms with Crippen LogP contribution in [0, 0.1) is 0 Å². The summed E-state index contributed by atoms with van der Waals surface area (Å²) in [4.78, 5) is 0. The molecule has 1 fully saturated rings. The maximum atomic E-state index is 9.80. The van der Waals surface area contributed by atoms with Crippen LogP contribution in [0.2, 0.25) is 0 Å². The van der Waals surface area contributed by atoms with E-state index < -0.39 is 24.4 Å². The van der Waals surface area contributed by atoms with Crippen LogP contribution in [0.15, 0.2) is 43.0 Å². The Bertz CT molecular complexity index is 392. The Kier molecular flexibility index (Phi) is 5.10. The molecule has 4 atom stereocenters. The van der Waals surface area contributed by atoms with Crippen molar-refractivity contribution in [3.05, 3.63) is 48.6 Å². The molecule has 1 aromatic carbocycles. The molecule has 1 aromatic rings. The van der Waals surface area contributed by atoms with Gasteiger partial charge < -0.3 is 19.7 Å². The van der Waals surface area contributed by atoms with Crippen molar-refractivity contribution in [2.24, 2.45) is 0 Å². The van der Waals surface area contributed by atoms with E-state index in [1.54, 1.807) is 0 Å². The van der Waals surface area contributed by atoms with Crippen molar-refractivity contribution in [2.75, 3.05) is 6.61 Å². The highest BCUT2D eigenvalue weighted by molar-refractivity contribution is 5.13. The zero-order chi connectivity index (χ0) is 13.7. The van der Waals surface area contributed by atoms with Crippen LogP contribution in [-0.4, -0.2) is 41.2 Å². The molecule has 19 heavy (non-hydrogen) atoms. The van der Waals surface area contributed by atoms with Gasteiger partial charge in [0.2, 0.25) is 0 Å². The molecule has 4 nitrogen and oxygen atoms in total. The van der Waals surface area contributed by atoms with Crippen LogP contribution in [0.25, 0.3) is 0 Å². The molecule has 1 aliphatic heterocycles. The number of hydrogen-bond acceptors (Lipinski definition) is 4. The number of aliphatic hydroxyl groups is 2. The molecular formula is C15H20O4. The second kappa shape index (κ2) is 6.82. The van der Waals surface area contributed by atoms with E-state index in [1.807, 2.05) is 30.3 Å². The quantitative estimate of drug-likeness (QED) is 0.600. The average Bonchev–Trinajstić information content (AvgIpc) is 2.72. The number of rotatable bonds is 6. The van der Waals surface area contributed by atoms with Crippen LogP contribution < -0.4 is 0 Å². The Balaban J connectivity index is 1.70. The molecule has 1 saturated heterocycles. The molecule has 4 heteroatoms. The van der Waals surface area contributed by atoms with Crippen molar-refractivity contribution in [1.29, 1.82) is 0 Å². The maximum Gasteiger partial charge on any atom is 0.112 e. The first-order valence-electron chi connectivity index (χ1n) is 6.48. The second-order valence-corrected chi connectivity index (χ2v) is 4.68. The molecule has 1 aliphatic rings. The summed E-state index contributed by atoms with van der Waals surface area (Å²) in [7, 11) is 0. The van der Waals surface area contributed by atoms with Crippen molar-refractivity contribution in [3.8, 4) is 0 Å². The number of ether oxygens (including phenoxy) is 2. The van der Waals surface area contributed by atoms with Crippen LogP contribution >= 0.6 is 0 Å². The van der Waals surface area contributed by atoms with Gasteiger partial charge in [0.25, 0.3) is 0 Å². The first kappa shape index (κ1) is 14.2. The van der Waals surface area contributed by atoms with Gasteiger partial charge in [-0.25, -0.2) is 0 Å². The van der Waals surface area contributed by atoms with Gasteiger partial charge >= 0.3 is 0 Å². The predicted octanol–water partition coefficient (Wildman–Crippen LogP) is 1.27. The molecule has 2 N–H and O–H groups in total. The number of aliphatic hydroxyl groups excluding tert-OH is 2. The smallest absolute Gasteiger partial charge is 0.112 e. The maximum absolute atomic E-state index is 9.80. The third kappa shape index (κ3) is 3.64. The average molecular weight is 264 g/mol. The van der Waals surface area contributed by atoms with Gasteiger partial charge in [0.05, 0.1) is 12.7 Å². The summed E-state index contributed by atoms with van der Waals surface area (Å²) in [6.07, 6.45) is -0.587. The summed E-state index contributed by atoms with van der Waals surface area (Å²) in [5.74, 6) is 0. The lowest BCUT2D eigenvalue weighted by molar-refractivity contribution is -0.00509. The highest BCUT2D eigenvalue weighted by Crippen LogP contribution is 2.24. The lowest BCUT2D eigenvalue weighted by Crippen LogP contribution is -2.32. The molecule has 104 valence electrons. The van der Waals surface area contributed by atoms with Crippen molar-refractivity contribution < 1.29 is 19.7 Å². The highest BCUT2D eigenvalue weighted by Gasteiger charge is 2.40. The van der Waals surface area contributed by atoms with E-state index in [0.717, 1.165) is 5.56 Å². The minimum Gasteiger partial charge on any atom is -0.388 e. The van der Waals surface area contributed by atoms with Crippen molar-refractivity contribution >= 4 is 0 Å². The van der Waals surface area contributed by atoms with E-state index in [1.165, 1.54) is 6.08 Å². The zero-order valence-corrected chi connectivity index (χ0v) is 10.8. The van der Waals surface area contributed by atoms with E-state index in [4.69, 9.17) is 9.47 Å². The Labute approximate surface area is 113 Å². The van der Waals surface area contributed by atoms with Crippen LogP contribution in [0.3, 0.4) is 0 Å². The molecule has 0 bridgehead atoms. The molecule has 0 aromatic heterocycles. The fraction of sp³-hybridized carbons (Fsp3) is 0.467. The van der Waals surface area contributed by atoms with E-state index in [0.29, 0.717) is 19.6 Å². The van der Waals surface area contributed by atoms with Gasteiger partial charge in [0.1, 0.15) is 18.3 Å². The lowest BCUT2D eigenvalue weighted by Gasteiger charge is -2.14. The Morgan fingerprint density at radius 3 is 2.58 bits per heavy atom. The molecule has 1 heterocycles. The van der Waals surface area contributed by atoms with Crippen molar-refractivity contribution in [1.82, 2.24) is 0 Å². The predicted molar refractivity (Wildman–Crippen MR) is 71.6 cm³/mol. The van der Waals surface area contributed by atoms with E-state index in [2.05, 4.69) is 6.58 Å². The minimum atomic E-state index is -0.892. The molecule has 0 saturated carbocycles. The molecule has 0 spiro atoms. The van der Waals surface area contributed by atoms with E-state index in [-0.39, 0.29) is 0 Å². The SMILES string of the molecule is C=C[C@H]1OC(CCOCc2ccccc2)[C@@H](O)[C@H]1O. The molecule has 1 unspecified atom stereocenters. The van der Waals surface area contributed by atoms with Gasteiger partial charge in [0.15, 0.2) is 0 Å². The molecule has 0 radical (unpaired) electrons. The first-order valence-corrected chi connectivity index (χ1v) is 6.48. The van der Waals surface area contributed by atoms with Crippen LogP contribution in [0.4, 0.5) is 0 Å². The Morgan fingerprint density at radius 2 is 1.95 bits per heavy atom. The summed E-state index contributed by atoms with van der Waals surface area (Å²) >= 11 is 0. The standard InChI is InChI=1S/C15H20O4/c1-2-12-14(16)15(17)13(19-12)8-9-18-10-11-6-4-3-5-7-11/h2-7,12-17H,1,8-10H2/t12-,13?,14+,15-/m1/s1. The summed E-state index contributed by atoms with van der Waals surface area (Å²) in [5.41, 5.74) is 1.11. The molecule has 0 aliphatic carbocycles. The first-order chi connectivity index (χ1) is 9.22. The second-order valence-electron chi connectivity index (χ2n) is 4.68. The Morgan fingerprint density at radius 1 is 1.21 bits per heavy atom. The largest absolute Gasteiger partial charge is 0.388 e. The fourth-order valence-corrected chi connectivity index (χ4v) is 2.17. The van der Waals surface area contributed by atoms with Crippen LogP contribution in [0.1, 0.15) is 12.0 Å². The lowest BCUT2D eigenvalue weighted by atomic mass is 10.1. The molecule has 2 rings (SSSR count). The summed E-state index contributed by atoms with van der Waals surface area (Å²) < 4.78 is 11.0. The Hall–Kier alpha value is -1.20. The molecule has 0 amide bonds. The van der Waals surface area contributed by atoms with E-state index in [9.17, 15) is 10.2 Å². The van der Waals surface area contributed by atoms with Crippen LogP contribution in [0.5, 0.6) is 0 Å². The van der Waals surface area contributed by atoms with Gasteiger partial charge in [-0.1, -0.05) is 36.4 Å². The fourth-order valence-electron chi connectivity index (χ4n) is 2.17.